The van der Waals surface area contributed by atoms with E-state index in [4.69, 9.17) is 0 Å². The molecule has 1 heteroatoms. The third-order valence-corrected chi connectivity index (χ3v) is 1.38. The largest absolute Gasteiger partial charge is 0.300 e. The van der Waals surface area contributed by atoms with Gasteiger partial charge in [0.2, 0.25) is 0 Å². The first kappa shape index (κ1) is 9.19. The molecule has 0 aromatic heterocycles. The molecular formula is C9H14O. The average molecular weight is 138 g/mol. The zero-order valence-corrected chi connectivity index (χ0v) is 6.74. The van der Waals surface area contributed by atoms with Gasteiger partial charge in [-0.2, -0.15) is 0 Å². The van der Waals surface area contributed by atoms with Crippen molar-refractivity contribution >= 4 is 5.78 Å². The molecule has 10 heavy (non-hydrogen) atoms. The Morgan fingerprint density at radius 2 is 2.00 bits per heavy atom. The molecule has 0 amide bonds. The van der Waals surface area contributed by atoms with Crippen LogP contribution in [0, 0.1) is 0 Å². The summed E-state index contributed by atoms with van der Waals surface area (Å²) in [7, 11) is 0. The minimum Gasteiger partial charge on any atom is -0.300 e. The Bertz CT molecular complexity index is 162. The van der Waals surface area contributed by atoms with Gasteiger partial charge in [0, 0.05) is 6.42 Å². The number of ketones is 1. The summed E-state index contributed by atoms with van der Waals surface area (Å²) in [5.74, 6) is 0.261. The zero-order chi connectivity index (χ0) is 7.98. The summed E-state index contributed by atoms with van der Waals surface area (Å²) in [6.45, 7) is 7.11. The summed E-state index contributed by atoms with van der Waals surface area (Å²) < 4.78 is 0. The van der Waals surface area contributed by atoms with Crippen LogP contribution < -0.4 is 0 Å². The highest BCUT2D eigenvalue weighted by Crippen LogP contribution is 2.04. The van der Waals surface area contributed by atoms with Crippen molar-refractivity contribution in [2.45, 2.75) is 33.1 Å². The van der Waals surface area contributed by atoms with Crippen molar-refractivity contribution in [3.63, 3.8) is 0 Å². The second-order valence-corrected chi connectivity index (χ2v) is 2.51. The molecule has 0 aromatic carbocycles. The van der Waals surface area contributed by atoms with Crippen molar-refractivity contribution in [3.8, 4) is 0 Å². The lowest BCUT2D eigenvalue weighted by Crippen LogP contribution is -1.88. The Labute approximate surface area is 62.4 Å². The van der Waals surface area contributed by atoms with Crippen molar-refractivity contribution in [1.29, 1.82) is 0 Å². The fraction of sp³-hybridized carbons (Fsp3) is 0.556. The smallest absolute Gasteiger partial charge is 0.129 e. The van der Waals surface area contributed by atoms with E-state index in [0.717, 1.165) is 18.4 Å². The minimum atomic E-state index is 0.261. The van der Waals surface area contributed by atoms with Crippen LogP contribution in [0.5, 0.6) is 0 Å². The Kier molecular flexibility index (Phi) is 4.61. The maximum atomic E-state index is 10.5. The molecule has 0 heterocycles. The van der Waals surface area contributed by atoms with Gasteiger partial charge in [-0.05, 0) is 32.3 Å². The number of rotatable bonds is 4. The molecule has 0 radical (unpaired) electrons. The van der Waals surface area contributed by atoms with E-state index in [2.05, 4.69) is 12.3 Å². The van der Waals surface area contributed by atoms with Crippen LogP contribution in [0.25, 0.3) is 0 Å². The quantitative estimate of drug-likeness (QED) is 0.545. The normalized spacial score (nSPS) is 8.60. The first-order chi connectivity index (χ1) is 4.66. The Morgan fingerprint density at radius 3 is 2.40 bits per heavy atom. The Hall–Kier alpha value is -0.810. The van der Waals surface area contributed by atoms with E-state index in [9.17, 15) is 4.79 Å². The lowest BCUT2D eigenvalue weighted by molar-refractivity contribution is -0.117. The van der Waals surface area contributed by atoms with E-state index in [1.165, 1.54) is 0 Å². The van der Waals surface area contributed by atoms with Crippen LogP contribution in [-0.4, -0.2) is 5.78 Å². The van der Waals surface area contributed by atoms with Gasteiger partial charge < -0.3 is 4.79 Å². The highest BCUT2D eigenvalue weighted by Gasteiger charge is 1.93. The molecule has 0 aliphatic carbocycles. The maximum Gasteiger partial charge on any atom is 0.129 e. The van der Waals surface area contributed by atoms with Crippen LogP contribution in [0.15, 0.2) is 17.9 Å². The van der Waals surface area contributed by atoms with Crippen LogP contribution in [0.3, 0.4) is 0 Å². The number of hydrogen-bond donors (Lipinski definition) is 0. The fourth-order valence-corrected chi connectivity index (χ4v) is 0.691. The summed E-state index contributed by atoms with van der Waals surface area (Å²) in [6.07, 6.45) is 2.56. The number of hydrogen-bond acceptors (Lipinski definition) is 1. The molecule has 1 nitrogen and oxygen atoms in total. The summed E-state index contributed by atoms with van der Waals surface area (Å²) in [5.41, 5.74) is 3.93. The first-order valence-electron chi connectivity index (χ1n) is 3.51. The monoisotopic (exact) mass is 138 g/mol. The molecule has 0 atom stereocenters. The highest BCUT2D eigenvalue weighted by atomic mass is 16.1. The molecule has 56 valence electrons. The average Bonchev–Trinajstić information content (AvgIpc) is 1.87. The van der Waals surface area contributed by atoms with Crippen LogP contribution >= 0.6 is 0 Å². The van der Waals surface area contributed by atoms with Crippen molar-refractivity contribution in [1.82, 2.24) is 0 Å². The van der Waals surface area contributed by atoms with Crippen molar-refractivity contribution < 1.29 is 4.79 Å². The fourth-order valence-electron chi connectivity index (χ4n) is 0.691. The van der Waals surface area contributed by atoms with E-state index in [1.807, 2.05) is 6.92 Å². The SMILES string of the molecule is C=C=C(C)CCCC(C)=O. The van der Waals surface area contributed by atoms with E-state index in [0.29, 0.717) is 6.42 Å². The molecule has 0 rings (SSSR count). The number of carbonyl (C=O) groups is 1. The molecule has 0 unspecified atom stereocenters. The van der Waals surface area contributed by atoms with Gasteiger partial charge in [-0.3, -0.25) is 0 Å². The van der Waals surface area contributed by atoms with Gasteiger partial charge in [0.1, 0.15) is 5.78 Å². The van der Waals surface area contributed by atoms with E-state index in [-0.39, 0.29) is 5.78 Å². The van der Waals surface area contributed by atoms with Crippen molar-refractivity contribution in [2.75, 3.05) is 0 Å². The second-order valence-electron chi connectivity index (χ2n) is 2.51. The highest BCUT2D eigenvalue weighted by molar-refractivity contribution is 5.75. The van der Waals surface area contributed by atoms with Gasteiger partial charge >= 0.3 is 0 Å². The van der Waals surface area contributed by atoms with Crippen LogP contribution in [0.4, 0.5) is 0 Å². The van der Waals surface area contributed by atoms with Crippen LogP contribution in [0.2, 0.25) is 0 Å². The number of Topliss-reactive ketones (excluding diaryl/α,β-unsaturated/α-hetero) is 1. The van der Waals surface area contributed by atoms with Gasteiger partial charge in [-0.25, -0.2) is 0 Å². The van der Waals surface area contributed by atoms with Crippen molar-refractivity contribution in [3.05, 3.63) is 17.9 Å². The number of carbonyl (C=O) groups excluding carboxylic acids is 1. The molecule has 0 bridgehead atoms. The molecule has 0 spiro atoms. The van der Waals surface area contributed by atoms with Gasteiger partial charge in [-0.1, -0.05) is 6.58 Å². The lowest BCUT2D eigenvalue weighted by atomic mass is 10.1. The van der Waals surface area contributed by atoms with Gasteiger partial charge in [-0.15, -0.1) is 5.73 Å². The Morgan fingerprint density at radius 1 is 1.40 bits per heavy atom. The van der Waals surface area contributed by atoms with Gasteiger partial charge in [0.05, 0.1) is 0 Å². The minimum absolute atomic E-state index is 0.261. The first-order valence-corrected chi connectivity index (χ1v) is 3.51. The summed E-state index contributed by atoms with van der Waals surface area (Å²) in [4.78, 5) is 10.5. The molecule has 0 N–H and O–H groups in total. The third-order valence-electron chi connectivity index (χ3n) is 1.38. The molecule has 0 aliphatic heterocycles. The summed E-state index contributed by atoms with van der Waals surface area (Å²) >= 11 is 0. The van der Waals surface area contributed by atoms with Crippen molar-refractivity contribution in [2.24, 2.45) is 0 Å². The third kappa shape index (κ3) is 5.33. The molecule has 0 fully saturated rings. The number of allylic oxidation sites excluding steroid dienone is 1. The molecular weight excluding hydrogens is 124 g/mol. The standard InChI is InChI=1S/C9H14O/c1-4-8(2)6-5-7-9(3)10/h1,5-7H2,2-3H3. The predicted molar refractivity (Wildman–Crippen MR) is 42.9 cm³/mol. The van der Waals surface area contributed by atoms with E-state index in [1.54, 1.807) is 6.92 Å². The predicted octanol–water partition coefficient (Wildman–Crippen LogP) is 2.48. The van der Waals surface area contributed by atoms with E-state index < -0.39 is 0 Å². The topological polar surface area (TPSA) is 17.1 Å². The molecule has 0 saturated carbocycles. The van der Waals surface area contributed by atoms with Gasteiger partial charge in [0.15, 0.2) is 0 Å². The summed E-state index contributed by atoms with van der Waals surface area (Å²) in [6, 6.07) is 0. The zero-order valence-electron chi connectivity index (χ0n) is 6.74. The summed E-state index contributed by atoms with van der Waals surface area (Å²) in [5, 5.41) is 0. The second kappa shape index (κ2) is 5.01. The van der Waals surface area contributed by atoms with Crippen LogP contribution in [0.1, 0.15) is 33.1 Å². The maximum absolute atomic E-state index is 10.5. The van der Waals surface area contributed by atoms with Gasteiger partial charge in [0.25, 0.3) is 0 Å². The van der Waals surface area contributed by atoms with E-state index >= 15 is 0 Å². The van der Waals surface area contributed by atoms with Crippen LogP contribution in [-0.2, 0) is 4.79 Å². The molecule has 0 aromatic rings. The lowest BCUT2D eigenvalue weighted by Gasteiger charge is -1.94. The molecule has 0 saturated heterocycles. The molecule has 0 aliphatic rings. The Balaban J connectivity index is 3.38.